The van der Waals surface area contributed by atoms with Crippen LogP contribution < -0.4 is 5.32 Å². The zero-order valence-electron chi connectivity index (χ0n) is 14.2. The third-order valence-electron chi connectivity index (χ3n) is 3.12. The molecule has 0 fully saturated rings. The van der Waals surface area contributed by atoms with Crippen molar-refractivity contribution >= 4 is 47.4 Å². The third kappa shape index (κ3) is 8.41. The lowest BCUT2D eigenvalue weighted by atomic mass is 10.2. The summed E-state index contributed by atoms with van der Waals surface area (Å²) < 4.78 is 0. The zero-order chi connectivity index (χ0) is 16.5. The molecule has 0 saturated carbocycles. The molecule has 23 heavy (non-hydrogen) atoms. The van der Waals surface area contributed by atoms with Crippen LogP contribution in [0, 0.1) is 0 Å². The molecule has 5 nitrogen and oxygen atoms in total. The minimum atomic E-state index is 0. The van der Waals surface area contributed by atoms with E-state index in [1.807, 2.05) is 43.1 Å². The highest BCUT2D eigenvalue weighted by Crippen LogP contribution is 2.11. The van der Waals surface area contributed by atoms with Crippen molar-refractivity contribution in [3.05, 3.63) is 34.9 Å². The van der Waals surface area contributed by atoms with Crippen molar-refractivity contribution in [2.45, 2.75) is 19.9 Å². The van der Waals surface area contributed by atoms with Crippen LogP contribution in [0.3, 0.4) is 0 Å². The highest BCUT2D eigenvalue weighted by atomic mass is 127. The van der Waals surface area contributed by atoms with Crippen LogP contribution in [-0.2, 0) is 11.3 Å². The molecule has 7 heteroatoms. The van der Waals surface area contributed by atoms with E-state index >= 15 is 0 Å². The molecule has 0 spiro atoms. The summed E-state index contributed by atoms with van der Waals surface area (Å²) in [6, 6.07) is 7.75. The van der Waals surface area contributed by atoms with Crippen molar-refractivity contribution in [1.82, 2.24) is 15.1 Å². The van der Waals surface area contributed by atoms with E-state index in [-0.39, 0.29) is 29.9 Å². The number of aliphatic imine (C=N–C) groups is 1. The number of hydrogen-bond acceptors (Lipinski definition) is 2. The molecule has 0 unspecified atom stereocenters. The number of rotatable bonds is 6. The quantitative estimate of drug-likeness (QED) is 0.410. The largest absolute Gasteiger partial charge is 0.357 e. The normalized spacial score (nSPS) is 10.7. The van der Waals surface area contributed by atoms with Crippen LogP contribution in [0.25, 0.3) is 0 Å². The van der Waals surface area contributed by atoms with Gasteiger partial charge in [0.1, 0.15) is 0 Å². The minimum absolute atomic E-state index is 0. The fourth-order valence-corrected chi connectivity index (χ4v) is 2.02. The maximum atomic E-state index is 11.6. The number of benzene rings is 1. The van der Waals surface area contributed by atoms with Crippen LogP contribution in [-0.4, -0.2) is 55.9 Å². The molecule has 1 aromatic carbocycles. The van der Waals surface area contributed by atoms with E-state index < -0.39 is 0 Å². The van der Waals surface area contributed by atoms with E-state index in [1.165, 1.54) is 0 Å². The fraction of sp³-hybridized carbons (Fsp3) is 0.500. The average Bonchev–Trinajstić information content (AvgIpc) is 2.48. The Morgan fingerprint density at radius 3 is 2.35 bits per heavy atom. The van der Waals surface area contributed by atoms with Crippen molar-refractivity contribution in [2.75, 3.05) is 34.2 Å². The van der Waals surface area contributed by atoms with Crippen LogP contribution in [0.15, 0.2) is 29.3 Å². The molecule has 0 aliphatic rings. The Balaban J connectivity index is 0.00000484. The topological polar surface area (TPSA) is 47.9 Å². The summed E-state index contributed by atoms with van der Waals surface area (Å²) in [6.45, 7) is 4.01. The van der Waals surface area contributed by atoms with Crippen LogP contribution in [0.5, 0.6) is 0 Å². The van der Waals surface area contributed by atoms with Crippen LogP contribution in [0.2, 0.25) is 5.02 Å². The highest BCUT2D eigenvalue weighted by Gasteiger charge is 2.08. The van der Waals surface area contributed by atoms with E-state index in [2.05, 4.69) is 10.3 Å². The van der Waals surface area contributed by atoms with Crippen LogP contribution in [0.4, 0.5) is 0 Å². The number of guanidine groups is 1. The maximum absolute atomic E-state index is 11.6. The molecule has 0 radical (unpaired) electrons. The van der Waals surface area contributed by atoms with Crippen molar-refractivity contribution in [3.63, 3.8) is 0 Å². The molecule has 0 aromatic heterocycles. The molecule has 0 heterocycles. The summed E-state index contributed by atoms with van der Waals surface area (Å²) in [5, 5.41) is 3.97. The van der Waals surface area contributed by atoms with Gasteiger partial charge in [0, 0.05) is 45.7 Å². The molecule has 1 N–H and O–H groups in total. The molecule has 0 aliphatic heterocycles. The van der Waals surface area contributed by atoms with Crippen LogP contribution >= 0.6 is 35.6 Å². The smallest absolute Gasteiger partial charge is 0.223 e. The Labute approximate surface area is 161 Å². The van der Waals surface area contributed by atoms with Gasteiger partial charge < -0.3 is 15.1 Å². The van der Waals surface area contributed by atoms with Crippen molar-refractivity contribution in [3.8, 4) is 0 Å². The molecule has 0 bridgehead atoms. The van der Waals surface area contributed by atoms with Gasteiger partial charge in [-0.05, 0) is 24.6 Å². The summed E-state index contributed by atoms with van der Waals surface area (Å²) in [6.07, 6.45) is 0.413. The second-order valence-electron chi connectivity index (χ2n) is 5.26. The van der Waals surface area contributed by atoms with Gasteiger partial charge in [-0.3, -0.25) is 9.79 Å². The molecule has 1 aromatic rings. The first kappa shape index (κ1) is 22.0. The molecular weight excluding hydrogens is 427 g/mol. The summed E-state index contributed by atoms with van der Waals surface area (Å²) in [4.78, 5) is 19.7. The van der Waals surface area contributed by atoms with Gasteiger partial charge in [0.2, 0.25) is 5.91 Å². The number of amides is 1. The number of halogens is 2. The SMILES string of the molecule is CCNC(=NCCC(=O)N(C)C)N(C)Cc1ccc(Cl)cc1.I. The first-order chi connectivity index (χ1) is 10.4. The van der Waals surface area contributed by atoms with Gasteiger partial charge in [-0.15, -0.1) is 24.0 Å². The van der Waals surface area contributed by atoms with Gasteiger partial charge in [0.25, 0.3) is 0 Å². The third-order valence-corrected chi connectivity index (χ3v) is 3.37. The lowest BCUT2D eigenvalue weighted by molar-refractivity contribution is -0.128. The molecule has 0 saturated heterocycles. The highest BCUT2D eigenvalue weighted by molar-refractivity contribution is 14.0. The second kappa shape index (κ2) is 11.5. The Morgan fingerprint density at radius 2 is 1.83 bits per heavy atom. The average molecular weight is 453 g/mol. The Hall–Kier alpha value is -1.02. The van der Waals surface area contributed by atoms with Crippen molar-refractivity contribution in [1.29, 1.82) is 0 Å². The molecule has 0 atom stereocenters. The summed E-state index contributed by atoms with van der Waals surface area (Å²) in [7, 11) is 5.48. The Kier molecular flexibility index (Phi) is 11.0. The van der Waals surface area contributed by atoms with E-state index in [9.17, 15) is 4.79 Å². The molecular formula is C16H26ClIN4O. The molecule has 1 amide bonds. The standard InChI is InChI=1S/C16H25ClN4O.HI/c1-5-18-16(19-11-10-15(22)20(2)3)21(4)12-13-6-8-14(17)9-7-13;/h6-9H,5,10-12H2,1-4H3,(H,18,19);1H. The molecule has 130 valence electrons. The first-order valence-corrected chi connectivity index (χ1v) is 7.76. The predicted molar refractivity (Wildman–Crippen MR) is 108 cm³/mol. The fourth-order valence-electron chi connectivity index (χ4n) is 1.89. The minimum Gasteiger partial charge on any atom is -0.357 e. The van der Waals surface area contributed by atoms with Gasteiger partial charge in [-0.25, -0.2) is 0 Å². The van der Waals surface area contributed by atoms with Gasteiger partial charge in [0.05, 0.1) is 6.54 Å². The summed E-state index contributed by atoms with van der Waals surface area (Å²) in [5.41, 5.74) is 1.15. The number of nitrogens with one attached hydrogen (secondary N) is 1. The first-order valence-electron chi connectivity index (χ1n) is 7.38. The van der Waals surface area contributed by atoms with E-state index in [1.54, 1.807) is 19.0 Å². The van der Waals surface area contributed by atoms with E-state index in [0.717, 1.165) is 29.6 Å². The van der Waals surface area contributed by atoms with E-state index in [4.69, 9.17) is 11.6 Å². The zero-order valence-corrected chi connectivity index (χ0v) is 17.3. The van der Waals surface area contributed by atoms with Gasteiger partial charge in [0.15, 0.2) is 5.96 Å². The van der Waals surface area contributed by atoms with E-state index in [0.29, 0.717) is 13.0 Å². The predicted octanol–water partition coefficient (Wildman–Crippen LogP) is 2.83. The number of nitrogens with zero attached hydrogens (tertiary/aromatic N) is 3. The lowest BCUT2D eigenvalue weighted by Crippen LogP contribution is -2.38. The monoisotopic (exact) mass is 452 g/mol. The van der Waals surface area contributed by atoms with Crippen molar-refractivity contribution < 1.29 is 4.79 Å². The number of carbonyl (C=O) groups is 1. The maximum Gasteiger partial charge on any atom is 0.223 e. The van der Waals surface area contributed by atoms with Crippen LogP contribution in [0.1, 0.15) is 18.9 Å². The van der Waals surface area contributed by atoms with Gasteiger partial charge >= 0.3 is 0 Å². The lowest BCUT2D eigenvalue weighted by Gasteiger charge is -2.22. The Morgan fingerprint density at radius 1 is 1.22 bits per heavy atom. The number of hydrogen-bond donors (Lipinski definition) is 1. The summed E-state index contributed by atoms with van der Waals surface area (Å²) in [5.74, 6) is 0.879. The van der Waals surface area contributed by atoms with Gasteiger partial charge in [-0.1, -0.05) is 23.7 Å². The van der Waals surface area contributed by atoms with Gasteiger partial charge in [-0.2, -0.15) is 0 Å². The summed E-state index contributed by atoms with van der Waals surface area (Å²) >= 11 is 5.90. The Bertz CT molecular complexity index is 505. The second-order valence-corrected chi connectivity index (χ2v) is 5.69. The van der Waals surface area contributed by atoms with Crippen molar-refractivity contribution in [2.24, 2.45) is 4.99 Å². The number of carbonyl (C=O) groups excluding carboxylic acids is 1. The molecule has 0 aliphatic carbocycles. The molecule has 1 rings (SSSR count).